The Labute approximate surface area is 158 Å². The molecule has 1 N–H and O–H groups in total. The van der Waals surface area contributed by atoms with E-state index >= 15 is 0 Å². The van der Waals surface area contributed by atoms with Gasteiger partial charge in [-0.25, -0.2) is 9.07 Å². The van der Waals surface area contributed by atoms with Crippen molar-refractivity contribution < 1.29 is 9.18 Å². The molecule has 3 aromatic rings. The van der Waals surface area contributed by atoms with Gasteiger partial charge in [-0.2, -0.15) is 5.10 Å². The number of aryl methyl sites for hydroxylation is 1. The molecule has 5 nitrogen and oxygen atoms in total. The van der Waals surface area contributed by atoms with E-state index in [0.29, 0.717) is 11.5 Å². The van der Waals surface area contributed by atoms with Crippen molar-refractivity contribution in [3.05, 3.63) is 77.7 Å². The number of anilines is 1. The number of nitrogens with one attached hydrogen (secondary N) is 1. The number of amides is 1. The van der Waals surface area contributed by atoms with E-state index in [9.17, 15) is 9.18 Å². The van der Waals surface area contributed by atoms with Crippen LogP contribution in [0.5, 0.6) is 0 Å². The molecule has 0 unspecified atom stereocenters. The molecule has 0 aliphatic carbocycles. The lowest BCUT2D eigenvalue weighted by atomic mass is 10.1. The van der Waals surface area contributed by atoms with Crippen molar-refractivity contribution in [3.8, 4) is 5.69 Å². The lowest BCUT2D eigenvalue weighted by molar-refractivity contribution is -0.117. The number of hydrogen-bond acceptors (Lipinski definition) is 3. The molecule has 2 aromatic carbocycles. The second-order valence-corrected chi connectivity index (χ2v) is 6.61. The molecule has 3 rings (SSSR count). The second kappa shape index (κ2) is 8.14. The maximum absolute atomic E-state index is 13.2. The molecule has 0 saturated carbocycles. The van der Waals surface area contributed by atoms with Crippen LogP contribution in [0.1, 0.15) is 24.2 Å². The first kappa shape index (κ1) is 18.8. The highest BCUT2D eigenvalue weighted by molar-refractivity contribution is 5.91. The van der Waals surface area contributed by atoms with Gasteiger partial charge in [-0.3, -0.25) is 9.69 Å². The van der Waals surface area contributed by atoms with E-state index in [1.54, 1.807) is 22.9 Å². The Bertz CT molecular complexity index is 906. The number of halogens is 1. The topological polar surface area (TPSA) is 50.2 Å². The third kappa shape index (κ3) is 4.60. The molecule has 0 fully saturated rings. The largest absolute Gasteiger partial charge is 0.309 e. The fourth-order valence-corrected chi connectivity index (χ4v) is 2.90. The molecule has 6 heteroatoms. The van der Waals surface area contributed by atoms with Crippen LogP contribution in [0.15, 0.2) is 60.7 Å². The molecule has 1 aromatic heterocycles. The van der Waals surface area contributed by atoms with Gasteiger partial charge in [0.15, 0.2) is 0 Å². The first-order valence-corrected chi connectivity index (χ1v) is 8.81. The van der Waals surface area contributed by atoms with Crippen LogP contribution in [-0.4, -0.2) is 34.2 Å². The summed E-state index contributed by atoms with van der Waals surface area (Å²) in [5.74, 6) is 0.109. The number of aromatic nitrogens is 2. The van der Waals surface area contributed by atoms with E-state index in [2.05, 4.69) is 17.3 Å². The van der Waals surface area contributed by atoms with Crippen molar-refractivity contribution in [2.45, 2.75) is 19.9 Å². The summed E-state index contributed by atoms with van der Waals surface area (Å²) >= 11 is 0. The van der Waals surface area contributed by atoms with Crippen molar-refractivity contribution in [1.29, 1.82) is 0 Å². The van der Waals surface area contributed by atoms with Gasteiger partial charge in [0.25, 0.3) is 0 Å². The van der Waals surface area contributed by atoms with Gasteiger partial charge < -0.3 is 5.32 Å². The summed E-state index contributed by atoms with van der Waals surface area (Å²) in [5.41, 5.74) is 2.60. The minimum atomic E-state index is -0.315. The predicted molar refractivity (Wildman–Crippen MR) is 104 cm³/mol. The molecular weight excluding hydrogens is 343 g/mol. The quantitative estimate of drug-likeness (QED) is 0.719. The molecule has 0 bridgehead atoms. The fourth-order valence-electron chi connectivity index (χ4n) is 2.90. The molecule has 0 aliphatic heterocycles. The van der Waals surface area contributed by atoms with Crippen LogP contribution >= 0.6 is 0 Å². The van der Waals surface area contributed by atoms with Crippen LogP contribution in [0, 0.1) is 12.7 Å². The lowest BCUT2D eigenvalue weighted by Gasteiger charge is -2.24. The molecule has 140 valence electrons. The average Bonchev–Trinajstić information content (AvgIpc) is 3.02. The standard InChI is InChI=1S/C21H23FN4O/c1-15-13-20(26(24-15)19-11-9-18(22)10-12-19)23-21(27)14-25(3)16(2)17-7-5-4-6-8-17/h4-13,16H,14H2,1-3H3,(H,23,27)/t16-/m0/s1. The van der Waals surface area contributed by atoms with Crippen LogP contribution in [0.2, 0.25) is 0 Å². The van der Waals surface area contributed by atoms with Gasteiger partial charge in [0.1, 0.15) is 11.6 Å². The van der Waals surface area contributed by atoms with E-state index in [0.717, 1.165) is 11.3 Å². The molecule has 0 saturated heterocycles. The maximum atomic E-state index is 13.2. The smallest absolute Gasteiger partial charge is 0.239 e. The zero-order valence-corrected chi connectivity index (χ0v) is 15.7. The first-order valence-electron chi connectivity index (χ1n) is 8.81. The Hall–Kier alpha value is -2.99. The number of nitrogens with zero attached hydrogens (tertiary/aromatic N) is 3. The highest BCUT2D eigenvalue weighted by Crippen LogP contribution is 2.20. The van der Waals surface area contributed by atoms with E-state index in [1.807, 2.05) is 49.2 Å². The van der Waals surface area contributed by atoms with Gasteiger partial charge in [-0.1, -0.05) is 30.3 Å². The summed E-state index contributed by atoms with van der Waals surface area (Å²) in [4.78, 5) is 14.5. The summed E-state index contributed by atoms with van der Waals surface area (Å²) in [7, 11) is 1.92. The average molecular weight is 366 g/mol. The van der Waals surface area contributed by atoms with Crippen molar-refractivity contribution in [2.75, 3.05) is 18.9 Å². The van der Waals surface area contributed by atoms with Crippen molar-refractivity contribution in [1.82, 2.24) is 14.7 Å². The van der Waals surface area contributed by atoms with Crippen molar-refractivity contribution >= 4 is 11.7 Å². The van der Waals surface area contributed by atoms with Crippen LogP contribution in [0.4, 0.5) is 10.2 Å². The molecule has 1 heterocycles. The number of carbonyl (C=O) groups is 1. The minimum absolute atomic E-state index is 0.112. The Balaban J connectivity index is 1.70. The highest BCUT2D eigenvalue weighted by Gasteiger charge is 2.16. The molecule has 0 radical (unpaired) electrons. The molecule has 0 aliphatic rings. The number of likely N-dealkylation sites (N-methyl/N-ethyl adjacent to an activating group) is 1. The predicted octanol–water partition coefficient (Wildman–Crippen LogP) is 3.95. The SMILES string of the molecule is Cc1cc(NC(=O)CN(C)[C@@H](C)c2ccccc2)n(-c2ccc(F)cc2)n1. The van der Waals surface area contributed by atoms with Crippen LogP contribution in [0.3, 0.4) is 0 Å². The maximum Gasteiger partial charge on any atom is 0.239 e. The molecular formula is C21H23FN4O. The normalized spacial score (nSPS) is 12.2. The van der Waals surface area contributed by atoms with Crippen molar-refractivity contribution in [2.24, 2.45) is 0 Å². The zero-order chi connectivity index (χ0) is 19.4. The molecule has 0 spiro atoms. The number of hydrogen-bond donors (Lipinski definition) is 1. The molecule has 1 atom stereocenters. The van der Waals surface area contributed by atoms with Crippen LogP contribution < -0.4 is 5.32 Å². The third-order valence-electron chi connectivity index (χ3n) is 4.51. The summed E-state index contributed by atoms with van der Waals surface area (Å²) in [6, 6.07) is 17.9. The van der Waals surface area contributed by atoms with Crippen LogP contribution in [0.25, 0.3) is 5.69 Å². The Kier molecular flexibility index (Phi) is 5.66. The number of carbonyl (C=O) groups excluding carboxylic acids is 1. The second-order valence-electron chi connectivity index (χ2n) is 6.61. The van der Waals surface area contributed by atoms with Gasteiger partial charge in [0.2, 0.25) is 5.91 Å². The summed E-state index contributed by atoms with van der Waals surface area (Å²) in [6.45, 7) is 4.15. The third-order valence-corrected chi connectivity index (χ3v) is 4.51. The Morgan fingerprint density at radius 2 is 1.85 bits per heavy atom. The monoisotopic (exact) mass is 366 g/mol. The van der Waals surface area contributed by atoms with E-state index < -0.39 is 0 Å². The molecule has 27 heavy (non-hydrogen) atoms. The zero-order valence-electron chi connectivity index (χ0n) is 15.7. The Morgan fingerprint density at radius 3 is 2.52 bits per heavy atom. The van der Waals surface area contributed by atoms with E-state index in [1.165, 1.54) is 12.1 Å². The highest BCUT2D eigenvalue weighted by atomic mass is 19.1. The van der Waals surface area contributed by atoms with Gasteiger partial charge in [-0.05, 0) is 50.7 Å². The number of rotatable bonds is 6. The summed E-state index contributed by atoms with van der Waals surface area (Å²) < 4.78 is 14.8. The minimum Gasteiger partial charge on any atom is -0.309 e. The lowest BCUT2D eigenvalue weighted by Crippen LogP contribution is -2.32. The van der Waals surface area contributed by atoms with E-state index in [-0.39, 0.29) is 24.3 Å². The van der Waals surface area contributed by atoms with Gasteiger partial charge in [0, 0.05) is 12.1 Å². The van der Waals surface area contributed by atoms with E-state index in [4.69, 9.17) is 0 Å². The Morgan fingerprint density at radius 1 is 1.19 bits per heavy atom. The first-order chi connectivity index (χ1) is 12.9. The summed E-state index contributed by atoms with van der Waals surface area (Å²) in [6.07, 6.45) is 0. The van der Waals surface area contributed by atoms with Crippen LogP contribution in [-0.2, 0) is 4.79 Å². The van der Waals surface area contributed by atoms with Gasteiger partial charge in [0.05, 0.1) is 17.9 Å². The number of benzene rings is 2. The van der Waals surface area contributed by atoms with Gasteiger partial charge >= 0.3 is 0 Å². The fraction of sp³-hybridized carbons (Fsp3) is 0.238. The summed E-state index contributed by atoms with van der Waals surface area (Å²) in [5, 5.41) is 7.30. The van der Waals surface area contributed by atoms with Crippen molar-refractivity contribution in [3.63, 3.8) is 0 Å². The molecule has 1 amide bonds. The van der Waals surface area contributed by atoms with Gasteiger partial charge in [-0.15, -0.1) is 0 Å².